The molecule has 0 amide bonds. The molecule has 0 bridgehead atoms. The highest BCUT2D eigenvalue weighted by atomic mass is 15.3. The van der Waals surface area contributed by atoms with Gasteiger partial charge in [0.25, 0.3) is 0 Å². The van der Waals surface area contributed by atoms with Crippen LogP contribution in [0.15, 0.2) is 29.3 Å². The smallest absolute Gasteiger partial charge is 0.191 e. The van der Waals surface area contributed by atoms with Crippen molar-refractivity contribution in [2.24, 2.45) is 4.99 Å². The molecule has 2 atom stereocenters. The van der Waals surface area contributed by atoms with E-state index in [-0.39, 0.29) is 0 Å². The van der Waals surface area contributed by atoms with E-state index in [1.807, 2.05) is 7.05 Å². The number of hydrogen-bond donors (Lipinski definition) is 2. The first-order chi connectivity index (χ1) is 12.0. The Bertz CT molecular complexity index is 532. The van der Waals surface area contributed by atoms with Gasteiger partial charge in [-0.15, -0.1) is 0 Å². The predicted molar refractivity (Wildman–Crippen MR) is 107 cm³/mol. The van der Waals surface area contributed by atoms with Crippen molar-refractivity contribution >= 4 is 5.96 Å². The zero-order chi connectivity index (χ0) is 18.2. The van der Waals surface area contributed by atoms with Crippen LogP contribution in [0.25, 0.3) is 0 Å². The van der Waals surface area contributed by atoms with E-state index < -0.39 is 0 Å². The molecule has 0 spiro atoms. The molecule has 1 aromatic rings. The van der Waals surface area contributed by atoms with Crippen LogP contribution in [0.1, 0.15) is 30.9 Å². The second kappa shape index (κ2) is 9.78. The molecule has 0 aromatic heterocycles. The summed E-state index contributed by atoms with van der Waals surface area (Å²) in [5.74, 6) is 1.34. The van der Waals surface area contributed by atoms with Gasteiger partial charge in [0.1, 0.15) is 0 Å². The fraction of sp³-hybridized carbons (Fsp3) is 0.650. The van der Waals surface area contributed by atoms with Crippen LogP contribution in [0.2, 0.25) is 0 Å². The van der Waals surface area contributed by atoms with E-state index in [0.29, 0.717) is 12.0 Å². The van der Waals surface area contributed by atoms with Gasteiger partial charge in [-0.2, -0.15) is 0 Å². The SMILES string of the molecule is CN=C(NCC(C)c1ccc(C)cc1)NCC(C)N1CCN(C)CC1. The van der Waals surface area contributed by atoms with E-state index in [4.69, 9.17) is 0 Å². The second-order valence-electron chi connectivity index (χ2n) is 7.33. The Labute approximate surface area is 153 Å². The molecule has 0 saturated carbocycles. The van der Waals surface area contributed by atoms with Gasteiger partial charge in [0, 0.05) is 52.4 Å². The number of guanidine groups is 1. The maximum atomic E-state index is 4.36. The number of aliphatic imine (C=N–C) groups is 1. The van der Waals surface area contributed by atoms with Crippen LogP contribution in [0.4, 0.5) is 0 Å². The average molecular weight is 346 g/mol. The number of likely N-dealkylation sites (N-methyl/N-ethyl adjacent to an activating group) is 1. The van der Waals surface area contributed by atoms with E-state index in [0.717, 1.165) is 45.2 Å². The van der Waals surface area contributed by atoms with Crippen LogP contribution < -0.4 is 10.6 Å². The number of aryl methyl sites for hydroxylation is 1. The summed E-state index contributed by atoms with van der Waals surface area (Å²) in [4.78, 5) is 9.31. The first kappa shape index (κ1) is 19.7. The lowest BCUT2D eigenvalue weighted by molar-refractivity contribution is 0.120. The van der Waals surface area contributed by atoms with E-state index in [2.05, 4.69) is 77.5 Å². The van der Waals surface area contributed by atoms with E-state index in [1.54, 1.807) is 0 Å². The Morgan fingerprint density at radius 3 is 2.24 bits per heavy atom. The molecule has 2 N–H and O–H groups in total. The lowest BCUT2D eigenvalue weighted by Crippen LogP contribution is -2.52. The molecule has 2 unspecified atom stereocenters. The minimum Gasteiger partial charge on any atom is -0.356 e. The Morgan fingerprint density at radius 2 is 1.64 bits per heavy atom. The molecule has 1 aromatic carbocycles. The first-order valence-corrected chi connectivity index (χ1v) is 9.43. The van der Waals surface area contributed by atoms with Crippen LogP contribution >= 0.6 is 0 Å². The molecule has 5 heteroatoms. The topological polar surface area (TPSA) is 42.9 Å². The molecule has 140 valence electrons. The normalized spacial score (nSPS) is 19.5. The highest BCUT2D eigenvalue weighted by Crippen LogP contribution is 2.14. The quantitative estimate of drug-likeness (QED) is 0.610. The molecule has 0 radical (unpaired) electrons. The van der Waals surface area contributed by atoms with Crippen molar-refractivity contribution in [1.29, 1.82) is 0 Å². The lowest BCUT2D eigenvalue weighted by Gasteiger charge is -2.36. The summed E-state index contributed by atoms with van der Waals surface area (Å²) in [6.07, 6.45) is 0. The Morgan fingerprint density at radius 1 is 1.04 bits per heavy atom. The van der Waals surface area contributed by atoms with Gasteiger partial charge in [0.2, 0.25) is 0 Å². The number of nitrogens with zero attached hydrogens (tertiary/aromatic N) is 3. The monoisotopic (exact) mass is 345 g/mol. The van der Waals surface area contributed by atoms with Gasteiger partial charge in [-0.1, -0.05) is 36.8 Å². The molecule has 2 rings (SSSR count). The maximum absolute atomic E-state index is 4.36. The van der Waals surface area contributed by atoms with E-state index in [1.165, 1.54) is 11.1 Å². The summed E-state index contributed by atoms with van der Waals surface area (Å²) < 4.78 is 0. The molecule has 1 heterocycles. The maximum Gasteiger partial charge on any atom is 0.191 e. The summed E-state index contributed by atoms with van der Waals surface area (Å²) in [5, 5.41) is 6.94. The van der Waals surface area contributed by atoms with Crippen molar-refractivity contribution in [3.05, 3.63) is 35.4 Å². The van der Waals surface area contributed by atoms with Crippen molar-refractivity contribution < 1.29 is 0 Å². The van der Waals surface area contributed by atoms with Crippen LogP contribution in [-0.2, 0) is 0 Å². The van der Waals surface area contributed by atoms with E-state index in [9.17, 15) is 0 Å². The summed E-state index contributed by atoms with van der Waals surface area (Å²) >= 11 is 0. The molecule has 0 aliphatic carbocycles. The zero-order valence-corrected chi connectivity index (χ0v) is 16.5. The summed E-state index contributed by atoms with van der Waals surface area (Å²) in [6.45, 7) is 13.1. The number of hydrogen-bond acceptors (Lipinski definition) is 3. The molecular formula is C20H35N5. The average Bonchev–Trinajstić information content (AvgIpc) is 2.62. The minimum absolute atomic E-state index is 0.453. The molecular weight excluding hydrogens is 310 g/mol. The van der Waals surface area contributed by atoms with Gasteiger partial charge in [-0.25, -0.2) is 0 Å². The van der Waals surface area contributed by atoms with Crippen molar-refractivity contribution in [1.82, 2.24) is 20.4 Å². The van der Waals surface area contributed by atoms with Gasteiger partial charge in [0.15, 0.2) is 5.96 Å². The van der Waals surface area contributed by atoms with Crippen molar-refractivity contribution in [2.45, 2.75) is 32.7 Å². The third-order valence-corrected chi connectivity index (χ3v) is 5.17. The van der Waals surface area contributed by atoms with Gasteiger partial charge in [-0.3, -0.25) is 9.89 Å². The Balaban J connectivity index is 1.73. The Kier molecular flexibility index (Phi) is 7.72. The zero-order valence-electron chi connectivity index (χ0n) is 16.5. The van der Waals surface area contributed by atoms with Crippen molar-refractivity contribution in [2.75, 3.05) is 53.4 Å². The van der Waals surface area contributed by atoms with Crippen LogP contribution in [-0.4, -0.2) is 75.2 Å². The number of piperazine rings is 1. The fourth-order valence-electron chi connectivity index (χ4n) is 3.12. The summed E-state index contributed by atoms with van der Waals surface area (Å²) in [5.41, 5.74) is 2.67. The number of rotatable bonds is 6. The second-order valence-corrected chi connectivity index (χ2v) is 7.33. The van der Waals surface area contributed by atoms with Crippen molar-refractivity contribution in [3.63, 3.8) is 0 Å². The molecule has 1 aliphatic rings. The summed E-state index contributed by atoms with van der Waals surface area (Å²) in [6, 6.07) is 9.30. The van der Waals surface area contributed by atoms with Gasteiger partial charge >= 0.3 is 0 Å². The number of benzene rings is 1. The van der Waals surface area contributed by atoms with Gasteiger partial charge in [-0.05, 0) is 32.4 Å². The standard InChI is InChI=1S/C20H35N5/c1-16-6-8-19(9-7-16)17(2)14-22-20(21-4)23-15-18(3)25-12-10-24(5)11-13-25/h6-9,17-18H,10-15H2,1-5H3,(H2,21,22,23). The lowest BCUT2D eigenvalue weighted by atomic mass is 10.0. The molecule has 1 fully saturated rings. The third kappa shape index (κ3) is 6.33. The van der Waals surface area contributed by atoms with E-state index >= 15 is 0 Å². The summed E-state index contributed by atoms with van der Waals surface area (Å²) in [7, 11) is 4.04. The van der Waals surface area contributed by atoms with Crippen LogP contribution in [0.3, 0.4) is 0 Å². The van der Waals surface area contributed by atoms with Crippen molar-refractivity contribution in [3.8, 4) is 0 Å². The fourth-order valence-corrected chi connectivity index (χ4v) is 3.12. The molecule has 1 aliphatic heterocycles. The molecule has 5 nitrogen and oxygen atoms in total. The Hall–Kier alpha value is -1.59. The molecule has 25 heavy (non-hydrogen) atoms. The van der Waals surface area contributed by atoms with Crippen LogP contribution in [0, 0.1) is 6.92 Å². The third-order valence-electron chi connectivity index (χ3n) is 5.17. The largest absolute Gasteiger partial charge is 0.356 e. The van der Waals surface area contributed by atoms with Gasteiger partial charge < -0.3 is 15.5 Å². The van der Waals surface area contributed by atoms with Crippen LogP contribution in [0.5, 0.6) is 0 Å². The molecule has 1 saturated heterocycles. The number of nitrogens with one attached hydrogen (secondary N) is 2. The predicted octanol–water partition coefficient (Wildman–Crippen LogP) is 1.90. The minimum atomic E-state index is 0.453. The highest BCUT2D eigenvalue weighted by Gasteiger charge is 2.19. The highest BCUT2D eigenvalue weighted by molar-refractivity contribution is 5.79. The van der Waals surface area contributed by atoms with Gasteiger partial charge in [0.05, 0.1) is 0 Å². The first-order valence-electron chi connectivity index (χ1n) is 9.43.